The van der Waals surface area contributed by atoms with Crippen LogP contribution >= 0.6 is 11.8 Å². The minimum atomic E-state index is -3.61. The summed E-state index contributed by atoms with van der Waals surface area (Å²) >= 11 is 1.03. The number of nitrogens with zero attached hydrogens (tertiary/aromatic N) is 2. The predicted octanol–water partition coefficient (Wildman–Crippen LogP) is 4.67. The van der Waals surface area contributed by atoms with Crippen LogP contribution in [0.1, 0.15) is 42.5 Å². The predicted molar refractivity (Wildman–Crippen MR) is 128 cm³/mol. The molecule has 0 atom stereocenters. The number of para-hydroxylation sites is 1. The fraction of sp³-hybridized carbons (Fsp3) is 0.391. The van der Waals surface area contributed by atoms with Crippen LogP contribution in [0.15, 0.2) is 58.3 Å². The Bertz CT molecular complexity index is 1060. The quantitative estimate of drug-likeness (QED) is 0.614. The van der Waals surface area contributed by atoms with Crippen LogP contribution in [-0.4, -0.2) is 56.0 Å². The topological polar surface area (TPSA) is 86.8 Å². The maximum Gasteiger partial charge on any atom is 0.286 e. The van der Waals surface area contributed by atoms with Crippen molar-refractivity contribution in [1.29, 1.82) is 0 Å². The Balaban J connectivity index is 1.73. The van der Waals surface area contributed by atoms with Gasteiger partial charge in [-0.05, 0) is 61.0 Å². The van der Waals surface area contributed by atoms with Crippen molar-refractivity contribution < 1.29 is 18.0 Å². The van der Waals surface area contributed by atoms with E-state index in [0.717, 1.165) is 43.9 Å². The molecule has 0 radical (unpaired) electrons. The lowest BCUT2D eigenvalue weighted by Crippen LogP contribution is -2.38. The molecular weight excluding hydrogens is 446 g/mol. The summed E-state index contributed by atoms with van der Waals surface area (Å²) in [4.78, 5) is 27.1. The molecule has 0 bridgehead atoms. The molecule has 2 aromatic carbocycles. The zero-order valence-electron chi connectivity index (χ0n) is 18.6. The highest BCUT2D eigenvalue weighted by Gasteiger charge is 2.29. The summed E-state index contributed by atoms with van der Waals surface area (Å²) in [6.45, 7) is 0. The van der Waals surface area contributed by atoms with Crippen LogP contribution in [0.5, 0.6) is 0 Å². The largest absolute Gasteiger partial charge is 0.339 e. The minimum absolute atomic E-state index is 0.0237. The zero-order chi connectivity index (χ0) is 23.3. The summed E-state index contributed by atoms with van der Waals surface area (Å²) in [5.41, 5.74) is 0.856. The van der Waals surface area contributed by atoms with Crippen LogP contribution in [-0.2, 0) is 10.0 Å². The molecule has 32 heavy (non-hydrogen) atoms. The molecule has 2 aromatic rings. The normalized spacial score (nSPS) is 14.9. The summed E-state index contributed by atoms with van der Waals surface area (Å²) in [6, 6.07) is 13.0. The van der Waals surface area contributed by atoms with E-state index in [2.05, 4.69) is 5.32 Å². The van der Waals surface area contributed by atoms with Crippen molar-refractivity contribution in [2.24, 2.45) is 0 Å². The number of carbonyl (C=O) groups is 2. The third-order valence-electron chi connectivity index (χ3n) is 5.58. The lowest BCUT2D eigenvalue weighted by Gasteiger charge is -2.30. The maximum absolute atomic E-state index is 13.0. The minimum Gasteiger partial charge on any atom is -0.339 e. The third-order valence-corrected chi connectivity index (χ3v) is 8.62. The van der Waals surface area contributed by atoms with Crippen molar-refractivity contribution in [3.05, 3.63) is 54.1 Å². The fourth-order valence-electron chi connectivity index (χ4n) is 3.62. The van der Waals surface area contributed by atoms with E-state index in [9.17, 15) is 18.0 Å². The van der Waals surface area contributed by atoms with Crippen LogP contribution < -0.4 is 5.32 Å². The molecule has 1 aliphatic carbocycles. The van der Waals surface area contributed by atoms with Gasteiger partial charge in [0.1, 0.15) is 0 Å². The second kappa shape index (κ2) is 10.5. The third kappa shape index (κ3) is 5.70. The second-order valence-electron chi connectivity index (χ2n) is 8.05. The Morgan fingerprint density at radius 3 is 2.19 bits per heavy atom. The van der Waals surface area contributed by atoms with Crippen molar-refractivity contribution in [1.82, 2.24) is 9.21 Å². The molecule has 7 nitrogen and oxygen atoms in total. The highest BCUT2D eigenvalue weighted by atomic mass is 32.2. The number of hydrogen-bond donors (Lipinski definition) is 1. The van der Waals surface area contributed by atoms with E-state index in [1.54, 1.807) is 45.4 Å². The molecule has 2 amide bonds. The van der Waals surface area contributed by atoms with Crippen molar-refractivity contribution >= 4 is 38.6 Å². The number of amides is 2. The van der Waals surface area contributed by atoms with E-state index in [1.807, 2.05) is 0 Å². The average Bonchev–Trinajstić information content (AvgIpc) is 2.80. The molecule has 0 aromatic heterocycles. The molecule has 1 aliphatic rings. The van der Waals surface area contributed by atoms with Gasteiger partial charge in [0.15, 0.2) is 0 Å². The van der Waals surface area contributed by atoms with E-state index >= 15 is 0 Å². The van der Waals surface area contributed by atoms with Gasteiger partial charge in [0, 0.05) is 37.6 Å². The number of carbonyl (C=O) groups excluding carboxylic acids is 2. The lowest BCUT2D eigenvalue weighted by atomic mass is 9.96. The first-order valence-corrected chi connectivity index (χ1v) is 12.8. The first kappa shape index (κ1) is 24.3. The van der Waals surface area contributed by atoms with Gasteiger partial charge in [-0.25, -0.2) is 8.42 Å². The van der Waals surface area contributed by atoms with Gasteiger partial charge in [-0.3, -0.25) is 9.59 Å². The first-order chi connectivity index (χ1) is 15.2. The van der Waals surface area contributed by atoms with Crippen molar-refractivity contribution in [3.8, 4) is 0 Å². The van der Waals surface area contributed by atoms with Gasteiger partial charge in [0.2, 0.25) is 10.0 Å². The lowest BCUT2D eigenvalue weighted by molar-refractivity contribution is 0.102. The van der Waals surface area contributed by atoms with E-state index in [-0.39, 0.29) is 22.1 Å². The van der Waals surface area contributed by atoms with E-state index in [1.165, 1.54) is 33.5 Å². The molecule has 0 unspecified atom stereocenters. The molecule has 1 fully saturated rings. The van der Waals surface area contributed by atoms with Crippen molar-refractivity contribution in [2.45, 2.75) is 47.9 Å². The molecule has 0 spiro atoms. The van der Waals surface area contributed by atoms with Gasteiger partial charge in [0.05, 0.1) is 10.6 Å². The van der Waals surface area contributed by atoms with Crippen LogP contribution in [0, 0.1) is 0 Å². The van der Waals surface area contributed by atoms with Crippen LogP contribution in [0.2, 0.25) is 0 Å². The number of benzene rings is 2. The van der Waals surface area contributed by atoms with Crippen molar-refractivity contribution in [3.63, 3.8) is 0 Å². The Labute approximate surface area is 194 Å². The van der Waals surface area contributed by atoms with Crippen molar-refractivity contribution in [2.75, 3.05) is 26.5 Å². The maximum atomic E-state index is 13.0. The molecule has 1 saturated carbocycles. The van der Waals surface area contributed by atoms with Gasteiger partial charge < -0.3 is 10.2 Å². The number of anilines is 1. The Morgan fingerprint density at radius 2 is 1.56 bits per heavy atom. The molecular formula is C23H29N3O4S2. The monoisotopic (exact) mass is 475 g/mol. The molecule has 0 saturated heterocycles. The van der Waals surface area contributed by atoms with Gasteiger partial charge in [-0.15, -0.1) is 0 Å². The summed E-state index contributed by atoms with van der Waals surface area (Å²) in [5, 5.41) is 2.66. The SMILES string of the molecule is CN(C)C(=O)Sc1ccccc1NC(=O)c1ccc(S(=O)(=O)N(C)C2CCCCC2)cc1. The highest BCUT2D eigenvalue weighted by molar-refractivity contribution is 8.13. The number of sulfonamides is 1. The standard InChI is InChI=1S/C23H29N3O4S2/c1-25(2)23(28)31-21-12-8-7-11-20(21)24-22(27)17-13-15-19(16-14-17)32(29,30)26(3)18-9-5-4-6-10-18/h7-8,11-16,18H,4-6,9-10H2,1-3H3,(H,24,27). The molecule has 3 rings (SSSR count). The summed E-state index contributed by atoms with van der Waals surface area (Å²) in [5.74, 6) is -0.375. The zero-order valence-corrected chi connectivity index (χ0v) is 20.2. The van der Waals surface area contributed by atoms with Crippen LogP contribution in [0.3, 0.4) is 0 Å². The highest BCUT2D eigenvalue weighted by Crippen LogP contribution is 2.29. The number of nitrogens with one attached hydrogen (secondary N) is 1. The molecule has 0 heterocycles. The Morgan fingerprint density at radius 1 is 0.938 bits per heavy atom. The summed E-state index contributed by atoms with van der Waals surface area (Å²) in [7, 11) is 1.35. The second-order valence-corrected chi connectivity index (χ2v) is 11.0. The van der Waals surface area contributed by atoms with E-state index in [0.29, 0.717) is 16.1 Å². The van der Waals surface area contributed by atoms with Gasteiger partial charge in [-0.1, -0.05) is 31.4 Å². The van der Waals surface area contributed by atoms with Gasteiger partial charge >= 0.3 is 0 Å². The van der Waals surface area contributed by atoms with E-state index < -0.39 is 10.0 Å². The molecule has 172 valence electrons. The molecule has 9 heteroatoms. The number of hydrogen-bond acceptors (Lipinski definition) is 5. The molecule has 0 aliphatic heterocycles. The Hall–Kier alpha value is -2.36. The van der Waals surface area contributed by atoms with Gasteiger partial charge in [0.25, 0.3) is 11.1 Å². The Kier molecular flexibility index (Phi) is 7.97. The number of thioether (sulfide) groups is 1. The smallest absolute Gasteiger partial charge is 0.286 e. The van der Waals surface area contributed by atoms with Gasteiger partial charge in [-0.2, -0.15) is 4.31 Å². The first-order valence-electron chi connectivity index (χ1n) is 10.6. The average molecular weight is 476 g/mol. The van der Waals surface area contributed by atoms with E-state index in [4.69, 9.17) is 0 Å². The fourth-order valence-corrected chi connectivity index (χ4v) is 5.79. The summed E-state index contributed by atoms with van der Waals surface area (Å²) < 4.78 is 27.5. The van der Waals surface area contributed by atoms with Crippen LogP contribution in [0.4, 0.5) is 10.5 Å². The summed E-state index contributed by atoms with van der Waals surface area (Å²) in [6.07, 6.45) is 5.00. The molecule has 1 N–H and O–H groups in total. The number of rotatable bonds is 6. The van der Waals surface area contributed by atoms with Crippen LogP contribution in [0.25, 0.3) is 0 Å².